The number of para-hydroxylation sites is 1. The Bertz CT molecular complexity index is 1560. The van der Waals surface area contributed by atoms with Crippen molar-refractivity contribution >= 4 is 49.8 Å². The van der Waals surface area contributed by atoms with E-state index in [9.17, 15) is 0 Å². The van der Waals surface area contributed by atoms with E-state index in [1.807, 2.05) is 42.5 Å². The van der Waals surface area contributed by atoms with E-state index in [1.165, 1.54) is 0 Å². The van der Waals surface area contributed by atoms with Crippen molar-refractivity contribution in [3.8, 4) is 16.5 Å². The number of nitrogens with zero attached hydrogens (tertiary/aromatic N) is 6. The van der Waals surface area contributed by atoms with Gasteiger partial charge in [-0.3, -0.25) is 4.57 Å². The second-order valence-electron chi connectivity index (χ2n) is 7.14. The quantitative estimate of drug-likeness (QED) is 0.358. The third kappa shape index (κ3) is 2.42. The minimum Gasteiger partial charge on any atom is -0.273 e. The average molecular weight is 431 g/mol. The van der Waals surface area contributed by atoms with Gasteiger partial charge in [0.1, 0.15) is 6.33 Å². The SMILES string of the molecule is Cc1c(C)n(-c2nc3ccccc3s2)c2ncn3nc(-c4ccccc4Cl)nc3c12. The minimum atomic E-state index is 0.583. The van der Waals surface area contributed by atoms with Crippen LogP contribution in [-0.4, -0.2) is 29.1 Å². The van der Waals surface area contributed by atoms with Crippen LogP contribution in [0.5, 0.6) is 0 Å². The highest BCUT2D eigenvalue weighted by Crippen LogP contribution is 2.34. The molecule has 0 spiro atoms. The van der Waals surface area contributed by atoms with E-state index >= 15 is 0 Å². The summed E-state index contributed by atoms with van der Waals surface area (Å²) in [5, 5.41) is 7.11. The first-order chi connectivity index (χ1) is 14.6. The fraction of sp³-hybridized carbons (Fsp3) is 0.0909. The summed E-state index contributed by atoms with van der Waals surface area (Å²) in [6, 6.07) is 15.7. The van der Waals surface area contributed by atoms with Gasteiger partial charge in [0, 0.05) is 11.3 Å². The number of hydrogen-bond acceptors (Lipinski definition) is 5. The summed E-state index contributed by atoms with van der Waals surface area (Å²) >= 11 is 8.02. The van der Waals surface area contributed by atoms with Gasteiger partial charge in [0.05, 0.1) is 20.6 Å². The van der Waals surface area contributed by atoms with Gasteiger partial charge in [-0.15, -0.1) is 5.10 Å². The Morgan fingerprint density at radius 1 is 0.933 bits per heavy atom. The number of benzene rings is 2. The molecule has 4 aromatic heterocycles. The number of rotatable bonds is 2. The zero-order valence-electron chi connectivity index (χ0n) is 16.2. The molecule has 6 aromatic rings. The molecule has 0 aliphatic carbocycles. The maximum absolute atomic E-state index is 6.37. The van der Waals surface area contributed by atoms with E-state index in [0.29, 0.717) is 10.8 Å². The Morgan fingerprint density at radius 2 is 1.73 bits per heavy atom. The van der Waals surface area contributed by atoms with E-state index in [-0.39, 0.29) is 0 Å². The van der Waals surface area contributed by atoms with E-state index in [2.05, 4.69) is 29.6 Å². The monoisotopic (exact) mass is 430 g/mol. The Morgan fingerprint density at radius 3 is 2.57 bits per heavy atom. The summed E-state index contributed by atoms with van der Waals surface area (Å²) in [6.07, 6.45) is 1.70. The Kier molecular flexibility index (Phi) is 3.72. The molecule has 30 heavy (non-hydrogen) atoms. The van der Waals surface area contributed by atoms with Crippen LogP contribution >= 0.6 is 22.9 Å². The lowest BCUT2D eigenvalue weighted by atomic mass is 10.2. The van der Waals surface area contributed by atoms with Crippen molar-refractivity contribution in [3.05, 3.63) is 71.1 Å². The lowest BCUT2D eigenvalue weighted by Gasteiger charge is -2.02. The van der Waals surface area contributed by atoms with Gasteiger partial charge < -0.3 is 0 Å². The molecule has 0 amide bonds. The van der Waals surface area contributed by atoms with E-state index in [4.69, 9.17) is 26.6 Å². The van der Waals surface area contributed by atoms with Crippen LogP contribution in [0, 0.1) is 13.8 Å². The summed E-state index contributed by atoms with van der Waals surface area (Å²) in [4.78, 5) is 14.4. The number of hydrogen-bond donors (Lipinski definition) is 0. The zero-order chi connectivity index (χ0) is 20.4. The number of halogens is 1. The number of aryl methyl sites for hydroxylation is 1. The van der Waals surface area contributed by atoms with Crippen LogP contribution in [0.25, 0.3) is 43.4 Å². The molecule has 0 N–H and O–H groups in total. The van der Waals surface area contributed by atoms with Crippen molar-refractivity contribution in [2.24, 2.45) is 0 Å². The molecule has 0 aliphatic rings. The van der Waals surface area contributed by atoms with Crippen molar-refractivity contribution in [1.29, 1.82) is 0 Å². The van der Waals surface area contributed by atoms with Crippen molar-refractivity contribution in [2.75, 3.05) is 0 Å². The van der Waals surface area contributed by atoms with E-state index < -0.39 is 0 Å². The molecule has 146 valence electrons. The second-order valence-corrected chi connectivity index (χ2v) is 8.55. The molecule has 4 heterocycles. The first-order valence-corrected chi connectivity index (χ1v) is 10.6. The van der Waals surface area contributed by atoms with Gasteiger partial charge in [0.25, 0.3) is 0 Å². The average Bonchev–Trinajstić information content (AvgIpc) is 3.42. The molecular weight excluding hydrogens is 416 g/mol. The normalized spacial score (nSPS) is 11.8. The summed E-state index contributed by atoms with van der Waals surface area (Å²) in [7, 11) is 0. The minimum absolute atomic E-state index is 0.583. The number of fused-ring (bicyclic) bond motifs is 4. The van der Waals surface area contributed by atoms with Crippen LogP contribution in [-0.2, 0) is 0 Å². The maximum Gasteiger partial charge on any atom is 0.196 e. The topological polar surface area (TPSA) is 60.9 Å². The molecule has 0 radical (unpaired) electrons. The predicted molar refractivity (Wildman–Crippen MR) is 121 cm³/mol. The van der Waals surface area contributed by atoms with Gasteiger partial charge >= 0.3 is 0 Å². The smallest absolute Gasteiger partial charge is 0.196 e. The maximum atomic E-state index is 6.37. The lowest BCUT2D eigenvalue weighted by Crippen LogP contribution is -1.98. The molecule has 0 saturated carbocycles. The molecular formula is C22H15ClN6S. The fourth-order valence-electron chi connectivity index (χ4n) is 3.81. The summed E-state index contributed by atoms with van der Waals surface area (Å²) in [6.45, 7) is 4.18. The van der Waals surface area contributed by atoms with Gasteiger partial charge in [-0.05, 0) is 43.7 Å². The number of aromatic nitrogens is 6. The summed E-state index contributed by atoms with van der Waals surface area (Å²) in [5.41, 5.74) is 5.58. The molecule has 2 aromatic carbocycles. The van der Waals surface area contributed by atoms with Crippen LogP contribution < -0.4 is 0 Å². The van der Waals surface area contributed by atoms with Crippen molar-refractivity contribution in [1.82, 2.24) is 29.1 Å². The van der Waals surface area contributed by atoms with E-state index in [0.717, 1.165) is 48.8 Å². The molecule has 0 bridgehead atoms. The van der Waals surface area contributed by atoms with Gasteiger partial charge in [-0.2, -0.15) is 0 Å². The standard InChI is InChI=1S/C22H15ClN6S/c1-12-13(2)29(22-25-16-9-5-6-10-17(16)30-22)20-18(12)21-26-19(27-28(21)11-24-20)14-7-3-4-8-15(14)23/h3-11H,1-2H3. The largest absolute Gasteiger partial charge is 0.273 e. The molecule has 0 fully saturated rings. The van der Waals surface area contributed by atoms with Crippen LogP contribution in [0.4, 0.5) is 0 Å². The summed E-state index contributed by atoms with van der Waals surface area (Å²) < 4.78 is 4.98. The highest BCUT2D eigenvalue weighted by Gasteiger charge is 2.21. The lowest BCUT2D eigenvalue weighted by molar-refractivity contribution is 0.925. The first-order valence-electron chi connectivity index (χ1n) is 9.45. The van der Waals surface area contributed by atoms with Crippen LogP contribution in [0.15, 0.2) is 54.9 Å². The predicted octanol–water partition coefficient (Wildman–Crippen LogP) is 5.62. The van der Waals surface area contributed by atoms with Gasteiger partial charge in [-0.25, -0.2) is 19.5 Å². The van der Waals surface area contributed by atoms with Crippen LogP contribution in [0.1, 0.15) is 11.3 Å². The second kappa shape index (κ2) is 6.35. The number of thiazole rings is 1. The van der Waals surface area contributed by atoms with Gasteiger partial charge in [0.15, 0.2) is 22.3 Å². The third-order valence-corrected chi connectivity index (χ3v) is 6.77. The molecule has 0 aliphatic heterocycles. The highest BCUT2D eigenvalue weighted by molar-refractivity contribution is 7.20. The molecule has 0 unspecified atom stereocenters. The van der Waals surface area contributed by atoms with Gasteiger partial charge in [0.2, 0.25) is 0 Å². The Balaban J connectivity index is 1.64. The highest BCUT2D eigenvalue weighted by atomic mass is 35.5. The molecule has 0 saturated heterocycles. The van der Waals surface area contributed by atoms with E-state index in [1.54, 1.807) is 22.2 Å². The zero-order valence-corrected chi connectivity index (χ0v) is 17.7. The van der Waals surface area contributed by atoms with Gasteiger partial charge in [-0.1, -0.05) is 47.2 Å². The Labute approximate surface area is 180 Å². The molecule has 6 rings (SSSR count). The third-order valence-electron chi connectivity index (χ3n) is 5.42. The molecule has 6 nitrogen and oxygen atoms in total. The molecule has 0 atom stereocenters. The van der Waals surface area contributed by atoms with Crippen molar-refractivity contribution in [3.63, 3.8) is 0 Å². The van der Waals surface area contributed by atoms with Crippen molar-refractivity contribution < 1.29 is 0 Å². The van der Waals surface area contributed by atoms with Crippen LogP contribution in [0.2, 0.25) is 5.02 Å². The fourth-order valence-corrected chi connectivity index (χ4v) is 5.05. The summed E-state index contributed by atoms with van der Waals surface area (Å²) in [5.74, 6) is 0.583. The first kappa shape index (κ1) is 17.6. The molecule has 8 heteroatoms. The van der Waals surface area contributed by atoms with Crippen LogP contribution in [0.3, 0.4) is 0 Å². The van der Waals surface area contributed by atoms with Crippen molar-refractivity contribution in [2.45, 2.75) is 13.8 Å². The Hall–Kier alpha value is -3.29.